The van der Waals surface area contributed by atoms with Gasteiger partial charge in [0.2, 0.25) is 0 Å². The Morgan fingerprint density at radius 1 is 1.41 bits per heavy atom. The molecule has 0 aliphatic rings. The Morgan fingerprint density at radius 2 is 2.09 bits per heavy atom. The molecule has 7 heteroatoms. The lowest BCUT2D eigenvalue weighted by molar-refractivity contribution is 0.179. The zero-order valence-corrected chi connectivity index (χ0v) is 16.9. The lowest BCUT2D eigenvalue weighted by atomic mass is 10.1. The zero-order chi connectivity index (χ0) is 15.8. The molecule has 0 spiro atoms. The third kappa shape index (κ3) is 6.51. The van der Waals surface area contributed by atoms with Gasteiger partial charge in [-0.05, 0) is 39.7 Å². The summed E-state index contributed by atoms with van der Waals surface area (Å²) in [5, 5.41) is 11.0. The van der Waals surface area contributed by atoms with Crippen molar-refractivity contribution < 1.29 is 4.74 Å². The number of hydrogen-bond acceptors (Lipinski definition) is 3. The van der Waals surface area contributed by atoms with Crippen molar-refractivity contribution in [3.8, 4) is 0 Å². The molecule has 0 aliphatic carbocycles. The largest absolute Gasteiger partial charge is 0.383 e. The second-order valence-electron chi connectivity index (χ2n) is 5.28. The van der Waals surface area contributed by atoms with Gasteiger partial charge in [-0.2, -0.15) is 5.10 Å². The number of methoxy groups -OCH3 is 1. The van der Waals surface area contributed by atoms with Gasteiger partial charge in [0.1, 0.15) is 0 Å². The van der Waals surface area contributed by atoms with Crippen molar-refractivity contribution in [3.63, 3.8) is 0 Å². The maximum absolute atomic E-state index is 5.13. The lowest BCUT2D eigenvalue weighted by Crippen LogP contribution is -2.44. The molecule has 1 atom stereocenters. The number of aromatic nitrogens is 2. The molecule has 0 fully saturated rings. The Bertz CT molecular complexity index is 473. The van der Waals surface area contributed by atoms with Gasteiger partial charge in [-0.15, -0.1) is 24.0 Å². The molecule has 1 rings (SSSR count). The van der Waals surface area contributed by atoms with E-state index in [1.807, 2.05) is 11.7 Å². The molecule has 0 aliphatic heterocycles. The summed E-state index contributed by atoms with van der Waals surface area (Å²) in [6.07, 6.45) is 0.904. The van der Waals surface area contributed by atoms with E-state index in [4.69, 9.17) is 4.74 Å². The summed E-state index contributed by atoms with van der Waals surface area (Å²) in [7, 11) is 3.68. The highest BCUT2D eigenvalue weighted by atomic mass is 127. The van der Waals surface area contributed by atoms with Crippen molar-refractivity contribution in [2.45, 2.75) is 40.2 Å². The number of nitrogens with zero attached hydrogens (tertiary/aromatic N) is 3. The van der Waals surface area contributed by atoms with Crippen LogP contribution in [-0.2, 0) is 18.2 Å². The van der Waals surface area contributed by atoms with Crippen molar-refractivity contribution in [2.24, 2.45) is 12.0 Å². The molecule has 1 aromatic rings. The molecule has 0 saturated carbocycles. The van der Waals surface area contributed by atoms with E-state index in [9.17, 15) is 0 Å². The molecule has 1 unspecified atom stereocenters. The van der Waals surface area contributed by atoms with Gasteiger partial charge in [0, 0.05) is 39.0 Å². The topological polar surface area (TPSA) is 63.5 Å². The van der Waals surface area contributed by atoms with Crippen LogP contribution in [0.25, 0.3) is 0 Å². The van der Waals surface area contributed by atoms with E-state index in [-0.39, 0.29) is 30.0 Å². The van der Waals surface area contributed by atoms with E-state index in [1.165, 1.54) is 11.3 Å². The monoisotopic (exact) mass is 423 g/mol. The fraction of sp³-hybridized carbons (Fsp3) is 0.733. The van der Waals surface area contributed by atoms with Crippen LogP contribution in [0.4, 0.5) is 0 Å². The third-order valence-electron chi connectivity index (χ3n) is 3.43. The fourth-order valence-corrected chi connectivity index (χ4v) is 2.30. The highest BCUT2D eigenvalue weighted by molar-refractivity contribution is 14.0. The highest BCUT2D eigenvalue weighted by Gasteiger charge is 2.09. The molecule has 0 saturated heterocycles. The van der Waals surface area contributed by atoms with E-state index in [1.54, 1.807) is 7.11 Å². The van der Waals surface area contributed by atoms with E-state index < -0.39 is 0 Å². The van der Waals surface area contributed by atoms with Gasteiger partial charge in [-0.3, -0.25) is 9.67 Å². The molecule has 0 amide bonds. The molecule has 0 radical (unpaired) electrons. The molecule has 1 heterocycles. The van der Waals surface area contributed by atoms with Crippen LogP contribution in [-0.4, -0.2) is 48.6 Å². The van der Waals surface area contributed by atoms with Crippen LogP contribution in [0.5, 0.6) is 0 Å². The predicted molar refractivity (Wildman–Crippen MR) is 102 cm³/mol. The Labute approximate surface area is 151 Å². The van der Waals surface area contributed by atoms with E-state index in [0.717, 1.165) is 31.2 Å². The highest BCUT2D eigenvalue weighted by Crippen LogP contribution is 2.12. The quantitative estimate of drug-likeness (QED) is 0.399. The minimum atomic E-state index is 0. The molecular formula is C15H30IN5O. The first-order valence-electron chi connectivity index (χ1n) is 7.52. The average molecular weight is 423 g/mol. The van der Waals surface area contributed by atoms with Crippen LogP contribution in [0, 0.1) is 13.8 Å². The van der Waals surface area contributed by atoms with Crippen LogP contribution >= 0.6 is 24.0 Å². The summed E-state index contributed by atoms with van der Waals surface area (Å²) >= 11 is 0. The molecular weight excluding hydrogens is 393 g/mol. The van der Waals surface area contributed by atoms with Gasteiger partial charge in [0.15, 0.2) is 5.96 Å². The summed E-state index contributed by atoms with van der Waals surface area (Å²) in [4.78, 5) is 4.62. The number of aryl methyl sites for hydroxylation is 2. The minimum absolute atomic E-state index is 0. The van der Waals surface area contributed by atoms with Crippen LogP contribution in [0.3, 0.4) is 0 Å². The van der Waals surface area contributed by atoms with E-state index in [0.29, 0.717) is 6.61 Å². The summed E-state index contributed by atoms with van der Waals surface area (Å²) in [6.45, 7) is 10.5. The Hall–Kier alpha value is -0.830. The van der Waals surface area contributed by atoms with Gasteiger partial charge in [0.05, 0.1) is 12.3 Å². The zero-order valence-electron chi connectivity index (χ0n) is 14.6. The third-order valence-corrected chi connectivity index (χ3v) is 3.43. The number of rotatable bonds is 7. The number of halogens is 1. The molecule has 22 heavy (non-hydrogen) atoms. The number of aliphatic imine (C=N–C) groups is 1. The lowest BCUT2D eigenvalue weighted by Gasteiger charge is -2.17. The van der Waals surface area contributed by atoms with Gasteiger partial charge in [-0.25, -0.2) is 0 Å². The molecule has 0 bridgehead atoms. The second-order valence-corrected chi connectivity index (χ2v) is 5.28. The van der Waals surface area contributed by atoms with Crippen LogP contribution in [0.15, 0.2) is 4.99 Å². The molecule has 1 aromatic heterocycles. The number of hydrogen-bond donors (Lipinski definition) is 2. The first kappa shape index (κ1) is 21.2. The number of guanidine groups is 1. The predicted octanol–water partition coefficient (Wildman–Crippen LogP) is 1.79. The average Bonchev–Trinajstić information content (AvgIpc) is 2.65. The van der Waals surface area contributed by atoms with Crippen molar-refractivity contribution in [1.82, 2.24) is 20.4 Å². The van der Waals surface area contributed by atoms with Gasteiger partial charge in [-0.1, -0.05) is 0 Å². The Morgan fingerprint density at radius 3 is 2.59 bits per heavy atom. The Balaban J connectivity index is 0.00000441. The molecule has 6 nitrogen and oxygen atoms in total. The minimum Gasteiger partial charge on any atom is -0.383 e. The summed E-state index contributed by atoms with van der Waals surface area (Å²) in [6, 6.07) is 0.231. The number of ether oxygens (including phenoxy) is 1. The first-order valence-corrected chi connectivity index (χ1v) is 7.52. The maximum atomic E-state index is 5.13. The normalized spacial score (nSPS) is 12.7. The molecule has 2 N–H and O–H groups in total. The SMILES string of the molecule is CCNC(=NCCc1c(C)nn(C)c1C)NC(C)COC.I. The van der Waals surface area contributed by atoms with Crippen molar-refractivity contribution in [1.29, 1.82) is 0 Å². The van der Waals surface area contributed by atoms with Crippen molar-refractivity contribution in [3.05, 3.63) is 17.0 Å². The second kappa shape index (κ2) is 10.8. The van der Waals surface area contributed by atoms with Crippen LogP contribution < -0.4 is 10.6 Å². The molecule has 128 valence electrons. The fourth-order valence-electron chi connectivity index (χ4n) is 2.30. The van der Waals surface area contributed by atoms with Gasteiger partial charge < -0.3 is 15.4 Å². The number of nitrogens with one attached hydrogen (secondary N) is 2. The summed E-state index contributed by atoms with van der Waals surface area (Å²) < 4.78 is 7.06. The summed E-state index contributed by atoms with van der Waals surface area (Å²) in [5.41, 5.74) is 3.60. The maximum Gasteiger partial charge on any atom is 0.191 e. The van der Waals surface area contributed by atoms with E-state index >= 15 is 0 Å². The van der Waals surface area contributed by atoms with Crippen LogP contribution in [0.1, 0.15) is 30.8 Å². The van der Waals surface area contributed by atoms with Crippen LogP contribution in [0.2, 0.25) is 0 Å². The first-order chi connectivity index (χ1) is 9.99. The van der Waals surface area contributed by atoms with Gasteiger partial charge in [0.25, 0.3) is 0 Å². The molecule has 0 aromatic carbocycles. The standard InChI is InChI=1S/C15H29N5O.HI/c1-7-16-15(18-11(2)10-21-6)17-9-8-14-12(3)19-20(5)13(14)4;/h11H,7-10H2,1-6H3,(H2,16,17,18);1H. The van der Waals surface area contributed by atoms with Crippen molar-refractivity contribution in [2.75, 3.05) is 26.8 Å². The summed E-state index contributed by atoms with van der Waals surface area (Å²) in [5.74, 6) is 0.834. The Kier molecular flexibility index (Phi) is 10.4. The van der Waals surface area contributed by atoms with Gasteiger partial charge >= 0.3 is 0 Å². The van der Waals surface area contributed by atoms with Crippen molar-refractivity contribution >= 4 is 29.9 Å². The smallest absolute Gasteiger partial charge is 0.191 e. The van der Waals surface area contributed by atoms with E-state index in [2.05, 4.69) is 48.4 Å².